The molecule has 0 aromatic heterocycles. The Bertz CT molecular complexity index is 1010. The number of halogens is 1. The Morgan fingerprint density at radius 2 is 1.76 bits per heavy atom. The molecule has 1 heterocycles. The lowest BCUT2D eigenvalue weighted by Crippen LogP contribution is -2.58. The number of hydrogen-bond donors (Lipinski definition) is 1. The zero-order chi connectivity index (χ0) is 24.3. The summed E-state index contributed by atoms with van der Waals surface area (Å²) >= 11 is 0. The van der Waals surface area contributed by atoms with Gasteiger partial charge in [-0.1, -0.05) is 38.1 Å². The zero-order valence-electron chi connectivity index (χ0n) is 20.0. The number of ether oxygens (including phenoxy) is 1. The van der Waals surface area contributed by atoms with Crippen molar-refractivity contribution >= 4 is 11.9 Å². The second kappa shape index (κ2) is 10.3. The van der Waals surface area contributed by atoms with Gasteiger partial charge >= 0.3 is 5.97 Å². The van der Waals surface area contributed by atoms with E-state index in [4.69, 9.17) is 4.74 Å². The van der Waals surface area contributed by atoms with Crippen molar-refractivity contribution in [1.82, 2.24) is 9.80 Å². The third kappa shape index (κ3) is 5.71. The number of hydrogen-bond acceptors (Lipinski definition) is 4. The van der Waals surface area contributed by atoms with E-state index in [1.54, 1.807) is 24.0 Å². The van der Waals surface area contributed by atoms with Crippen LogP contribution in [-0.4, -0.2) is 58.6 Å². The molecule has 0 radical (unpaired) electrons. The van der Waals surface area contributed by atoms with Gasteiger partial charge in [-0.2, -0.15) is 0 Å². The smallest absolute Gasteiger partial charge is 0.339 e. The highest BCUT2D eigenvalue weighted by atomic mass is 19.1. The average molecular weight is 457 g/mol. The summed E-state index contributed by atoms with van der Waals surface area (Å²) in [6.45, 7) is 11.4. The quantitative estimate of drug-likeness (QED) is 0.666. The van der Waals surface area contributed by atoms with Gasteiger partial charge in [0.25, 0.3) is 5.91 Å². The van der Waals surface area contributed by atoms with Crippen LogP contribution in [0.4, 0.5) is 4.39 Å². The molecule has 0 spiro atoms. The Morgan fingerprint density at radius 3 is 2.36 bits per heavy atom. The van der Waals surface area contributed by atoms with Crippen molar-refractivity contribution in [3.05, 3.63) is 64.5 Å². The van der Waals surface area contributed by atoms with E-state index < -0.39 is 5.97 Å². The van der Waals surface area contributed by atoms with Crippen LogP contribution in [0.15, 0.2) is 36.4 Å². The number of aryl methyl sites for hydroxylation is 1. The first-order chi connectivity index (χ1) is 15.6. The molecule has 7 heteroatoms. The van der Waals surface area contributed by atoms with Gasteiger partial charge in [-0.05, 0) is 55.5 Å². The largest absolute Gasteiger partial charge is 0.483 e. The third-order valence-corrected chi connectivity index (χ3v) is 6.30. The average Bonchev–Trinajstić information content (AvgIpc) is 2.75. The monoisotopic (exact) mass is 456 g/mol. The van der Waals surface area contributed by atoms with E-state index in [-0.39, 0.29) is 47.6 Å². The second-order valence-electron chi connectivity index (χ2n) is 9.22. The normalized spacial score (nSPS) is 19.1. The number of aromatic carboxylic acids is 1. The van der Waals surface area contributed by atoms with Crippen molar-refractivity contribution in [2.75, 3.05) is 19.7 Å². The first-order valence-electron chi connectivity index (χ1n) is 11.4. The lowest BCUT2D eigenvalue weighted by atomic mass is 9.94. The van der Waals surface area contributed by atoms with Crippen LogP contribution in [0.3, 0.4) is 0 Å². The summed E-state index contributed by atoms with van der Waals surface area (Å²) in [7, 11) is 0. The van der Waals surface area contributed by atoms with Gasteiger partial charge in [0.15, 0.2) is 6.61 Å². The lowest BCUT2D eigenvalue weighted by Gasteiger charge is -2.44. The molecule has 0 unspecified atom stereocenters. The predicted molar refractivity (Wildman–Crippen MR) is 125 cm³/mol. The molecular formula is C26H33FN2O4. The Labute approximate surface area is 195 Å². The van der Waals surface area contributed by atoms with Crippen molar-refractivity contribution < 1.29 is 23.8 Å². The van der Waals surface area contributed by atoms with Crippen LogP contribution in [0, 0.1) is 12.7 Å². The van der Waals surface area contributed by atoms with Gasteiger partial charge in [0.1, 0.15) is 17.1 Å². The highest BCUT2D eigenvalue weighted by Crippen LogP contribution is 2.31. The highest BCUT2D eigenvalue weighted by Gasteiger charge is 2.32. The SMILES string of the molecule is Cc1ccc(C(C)C)c(C(=O)O)c1OCC(=O)N1C[C@H](C)N(Cc2ccc(F)cc2)C[C@H]1C. The number of piperazine rings is 1. The van der Waals surface area contributed by atoms with E-state index in [1.807, 2.05) is 32.9 Å². The van der Waals surface area contributed by atoms with Gasteiger partial charge in [0, 0.05) is 31.7 Å². The minimum atomic E-state index is -1.05. The number of carbonyl (C=O) groups is 2. The summed E-state index contributed by atoms with van der Waals surface area (Å²) in [5, 5.41) is 9.77. The number of rotatable bonds is 7. The van der Waals surface area contributed by atoms with Crippen LogP contribution in [0.5, 0.6) is 5.75 Å². The third-order valence-electron chi connectivity index (χ3n) is 6.30. The zero-order valence-corrected chi connectivity index (χ0v) is 20.0. The molecule has 1 amide bonds. The molecule has 0 aliphatic carbocycles. The predicted octanol–water partition coefficient (Wildman–Crippen LogP) is 4.46. The van der Waals surface area contributed by atoms with E-state index in [0.29, 0.717) is 30.8 Å². The van der Waals surface area contributed by atoms with Crippen molar-refractivity contribution in [2.24, 2.45) is 0 Å². The molecule has 1 aliphatic rings. The van der Waals surface area contributed by atoms with Crippen LogP contribution in [0.1, 0.15) is 60.7 Å². The fourth-order valence-electron chi connectivity index (χ4n) is 4.40. The minimum Gasteiger partial charge on any atom is -0.483 e. The maximum Gasteiger partial charge on any atom is 0.339 e. The molecule has 0 bridgehead atoms. The van der Waals surface area contributed by atoms with Crippen molar-refractivity contribution in [3.63, 3.8) is 0 Å². The molecule has 1 fully saturated rings. The summed E-state index contributed by atoms with van der Waals surface area (Å²) in [4.78, 5) is 29.1. The minimum absolute atomic E-state index is 0.0183. The van der Waals surface area contributed by atoms with Gasteiger partial charge < -0.3 is 14.7 Å². The summed E-state index contributed by atoms with van der Waals surface area (Å²) in [5.41, 5.74) is 2.53. The Balaban J connectivity index is 1.68. The number of nitrogens with zero attached hydrogens (tertiary/aromatic N) is 2. The van der Waals surface area contributed by atoms with Crippen molar-refractivity contribution in [2.45, 2.75) is 59.2 Å². The van der Waals surface area contributed by atoms with E-state index >= 15 is 0 Å². The molecule has 1 saturated heterocycles. The summed E-state index contributed by atoms with van der Waals surface area (Å²) in [6.07, 6.45) is 0. The molecule has 2 atom stereocenters. The van der Waals surface area contributed by atoms with Gasteiger partial charge in [0.05, 0.1) is 0 Å². The summed E-state index contributed by atoms with van der Waals surface area (Å²) < 4.78 is 19.0. The molecule has 1 aliphatic heterocycles. The van der Waals surface area contributed by atoms with E-state index in [1.165, 1.54) is 12.1 Å². The maximum absolute atomic E-state index is 13.2. The molecule has 2 aromatic carbocycles. The van der Waals surface area contributed by atoms with Crippen LogP contribution in [0.2, 0.25) is 0 Å². The standard InChI is InChI=1S/C26H33FN2O4/c1-16(2)22-11-6-17(3)25(24(22)26(31)32)33-15-23(30)29-13-18(4)28(12-19(29)5)14-20-7-9-21(27)10-8-20/h6-11,16,18-19H,12-15H2,1-5H3,(H,31,32)/t18-,19+/m0/s1. The van der Waals surface area contributed by atoms with Crippen LogP contribution in [-0.2, 0) is 11.3 Å². The van der Waals surface area contributed by atoms with Gasteiger partial charge in [-0.25, -0.2) is 9.18 Å². The van der Waals surface area contributed by atoms with Crippen LogP contribution < -0.4 is 4.74 Å². The number of carboxylic acids is 1. The van der Waals surface area contributed by atoms with Crippen LogP contribution in [0.25, 0.3) is 0 Å². The van der Waals surface area contributed by atoms with E-state index in [2.05, 4.69) is 11.8 Å². The molecular weight excluding hydrogens is 423 g/mol. The first kappa shape index (κ1) is 24.7. The molecule has 6 nitrogen and oxygen atoms in total. The summed E-state index contributed by atoms with van der Waals surface area (Å²) in [5.74, 6) is -1.19. The molecule has 33 heavy (non-hydrogen) atoms. The van der Waals surface area contributed by atoms with Gasteiger partial charge in [0.2, 0.25) is 0 Å². The van der Waals surface area contributed by atoms with Gasteiger partial charge in [-0.15, -0.1) is 0 Å². The Morgan fingerprint density at radius 1 is 1.09 bits per heavy atom. The van der Waals surface area contributed by atoms with Crippen molar-refractivity contribution in [1.29, 1.82) is 0 Å². The van der Waals surface area contributed by atoms with Crippen LogP contribution >= 0.6 is 0 Å². The number of carbonyl (C=O) groups excluding carboxylic acids is 1. The Hall–Kier alpha value is -2.93. The molecule has 178 valence electrons. The molecule has 1 N–H and O–H groups in total. The number of benzene rings is 2. The lowest BCUT2D eigenvalue weighted by molar-refractivity contribution is -0.139. The topological polar surface area (TPSA) is 70.1 Å². The molecule has 2 aromatic rings. The fourth-order valence-corrected chi connectivity index (χ4v) is 4.40. The fraction of sp³-hybridized carbons (Fsp3) is 0.462. The summed E-state index contributed by atoms with van der Waals surface area (Å²) in [6, 6.07) is 10.2. The molecule has 3 rings (SSSR count). The number of amides is 1. The van der Waals surface area contributed by atoms with E-state index in [0.717, 1.165) is 5.56 Å². The van der Waals surface area contributed by atoms with E-state index in [9.17, 15) is 19.1 Å². The number of carboxylic acid groups (broad SMARTS) is 1. The first-order valence-corrected chi connectivity index (χ1v) is 11.4. The highest BCUT2D eigenvalue weighted by molar-refractivity contribution is 5.93. The van der Waals surface area contributed by atoms with Gasteiger partial charge in [-0.3, -0.25) is 9.69 Å². The van der Waals surface area contributed by atoms with Crippen molar-refractivity contribution in [3.8, 4) is 5.75 Å². The Kier molecular flexibility index (Phi) is 7.74. The maximum atomic E-state index is 13.2. The molecule has 0 saturated carbocycles. The second-order valence-corrected chi connectivity index (χ2v) is 9.22.